The third-order valence-electron chi connectivity index (χ3n) is 6.62. The van der Waals surface area contributed by atoms with Crippen LogP contribution in [0.15, 0.2) is 30.7 Å². The first-order valence-electron chi connectivity index (χ1n) is 11.5. The van der Waals surface area contributed by atoms with Gasteiger partial charge in [-0.2, -0.15) is 31.3 Å². The molecule has 0 unspecified atom stereocenters. The summed E-state index contributed by atoms with van der Waals surface area (Å²) in [7, 11) is 0. The van der Waals surface area contributed by atoms with Crippen molar-refractivity contribution in [2.24, 2.45) is 17.8 Å². The molecular formula is C22H23F6N7O. The smallest absolute Gasteiger partial charge is 0.433 e. The first kappa shape index (κ1) is 24.4. The molecule has 0 radical (unpaired) electrons. The van der Waals surface area contributed by atoms with E-state index >= 15 is 0 Å². The highest BCUT2D eigenvalue weighted by Crippen LogP contribution is 2.48. The van der Waals surface area contributed by atoms with Gasteiger partial charge in [-0.05, 0) is 61.6 Å². The van der Waals surface area contributed by atoms with Crippen molar-refractivity contribution in [1.29, 1.82) is 0 Å². The van der Waals surface area contributed by atoms with Crippen LogP contribution in [0.2, 0.25) is 0 Å². The van der Waals surface area contributed by atoms with E-state index in [-0.39, 0.29) is 23.8 Å². The summed E-state index contributed by atoms with van der Waals surface area (Å²) >= 11 is 0. The molecule has 194 valence electrons. The number of rotatable bonds is 8. The van der Waals surface area contributed by atoms with E-state index in [2.05, 4.69) is 30.7 Å². The van der Waals surface area contributed by atoms with E-state index in [1.54, 1.807) is 12.3 Å². The monoisotopic (exact) mass is 515 g/mol. The van der Waals surface area contributed by atoms with Crippen molar-refractivity contribution in [2.45, 2.75) is 44.1 Å². The Morgan fingerprint density at radius 2 is 1.83 bits per heavy atom. The lowest BCUT2D eigenvalue weighted by atomic mass is 9.93. The number of fused-ring (bicyclic) bond motifs is 1. The third kappa shape index (κ3) is 5.41. The molecule has 2 N–H and O–H groups in total. The average molecular weight is 515 g/mol. The number of aromatic nitrogens is 5. The van der Waals surface area contributed by atoms with Crippen molar-refractivity contribution in [3.05, 3.63) is 36.4 Å². The second kappa shape index (κ2) is 9.28. The predicted molar refractivity (Wildman–Crippen MR) is 116 cm³/mol. The maximum absolute atomic E-state index is 13.6. The number of anilines is 2. The van der Waals surface area contributed by atoms with E-state index < -0.39 is 36.1 Å². The summed E-state index contributed by atoms with van der Waals surface area (Å²) in [6.07, 6.45) is -2.41. The molecule has 0 bridgehead atoms. The number of pyridine rings is 1. The summed E-state index contributed by atoms with van der Waals surface area (Å²) in [5, 5.41) is 10.5. The van der Waals surface area contributed by atoms with Gasteiger partial charge in [0.25, 0.3) is 0 Å². The molecule has 5 rings (SSSR count). The predicted octanol–water partition coefficient (Wildman–Crippen LogP) is 4.81. The van der Waals surface area contributed by atoms with Gasteiger partial charge in [0.2, 0.25) is 5.95 Å². The van der Waals surface area contributed by atoms with Gasteiger partial charge in [-0.15, -0.1) is 5.10 Å². The molecule has 0 aliphatic heterocycles. The fraction of sp³-hybridized carbons (Fsp3) is 0.545. The van der Waals surface area contributed by atoms with Crippen molar-refractivity contribution in [3.63, 3.8) is 0 Å². The lowest BCUT2D eigenvalue weighted by Gasteiger charge is -2.26. The number of nitrogens with one attached hydrogen (secondary N) is 2. The number of alkyl halides is 6. The van der Waals surface area contributed by atoms with E-state index in [9.17, 15) is 26.3 Å². The molecule has 36 heavy (non-hydrogen) atoms. The lowest BCUT2D eigenvalue weighted by Crippen LogP contribution is -2.35. The molecule has 3 aromatic heterocycles. The van der Waals surface area contributed by atoms with Crippen LogP contribution in [-0.2, 0) is 6.18 Å². The highest BCUT2D eigenvalue weighted by Gasteiger charge is 2.45. The Morgan fingerprint density at radius 3 is 2.50 bits per heavy atom. The molecule has 0 saturated heterocycles. The second-order valence-corrected chi connectivity index (χ2v) is 9.14. The minimum absolute atomic E-state index is 0.0897. The molecule has 0 amide bonds. The van der Waals surface area contributed by atoms with Crippen molar-refractivity contribution in [2.75, 3.05) is 23.8 Å². The normalized spacial score (nSPS) is 22.7. The van der Waals surface area contributed by atoms with Crippen LogP contribution < -0.4 is 15.4 Å². The molecule has 2 aliphatic carbocycles. The minimum atomic E-state index is -4.79. The van der Waals surface area contributed by atoms with Crippen molar-refractivity contribution in [3.8, 4) is 5.75 Å². The van der Waals surface area contributed by atoms with Gasteiger partial charge in [-0.1, -0.05) is 0 Å². The zero-order valence-electron chi connectivity index (χ0n) is 18.9. The summed E-state index contributed by atoms with van der Waals surface area (Å²) in [6, 6.07) is 3.08. The summed E-state index contributed by atoms with van der Waals surface area (Å²) in [5.41, 5.74) is -1.60. The van der Waals surface area contributed by atoms with E-state index in [1.165, 1.54) is 6.33 Å². The molecule has 14 heteroatoms. The first-order chi connectivity index (χ1) is 17.1. The Hall–Kier alpha value is -3.32. The van der Waals surface area contributed by atoms with Crippen LogP contribution in [0.5, 0.6) is 5.75 Å². The fourth-order valence-corrected chi connectivity index (χ4v) is 4.89. The number of hydrogen-bond acceptors (Lipinski definition) is 7. The largest absolute Gasteiger partial charge is 0.480 e. The fourth-order valence-electron chi connectivity index (χ4n) is 4.89. The van der Waals surface area contributed by atoms with Gasteiger partial charge in [-0.3, -0.25) is 0 Å². The summed E-state index contributed by atoms with van der Waals surface area (Å²) < 4.78 is 84.0. The van der Waals surface area contributed by atoms with Crippen LogP contribution in [-0.4, -0.2) is 49.9 Å². The number of ether oxygens (including phenoxy) is 1. The average Bonchev–Trinajstić information content (AvgIpc) is 3.45. The van der Waals surface area contributed by atoms with Crippen LogP contribution in [0.1, 0.15) is 31.4 Å². The van der Waals surface area contributed by atoms with Crippen LogP contribution in [0.3, 0.4) is 0 Å². The highest BCUT2D eigenvalue weighted by molar-refractivity contribution is 5.57. The molecule has 0 spiro atoms. The Bertz CT molecular complexity index is 1200. The van der Waals surface area contributed by atoms with Crippen LogP contribution in [0.25, 0.3) is 5.65 Å². The first-order valence-corrected chi connectivity index (χ1v) is 11.5. The topological polar surface area (TPSA) is 89.3 Å². The van der Waals surface area contributed by atoms with Gasteiger partial charge in [-0.25, -0.2) is 14.5 Å². The van der Waals surface area contributed by atoms with E-state index in [0.29, 0.717) is 28.9 Å². The van der Waals surface area contributed by atoms with Gasteiger partial charge in [0.1, 0.15) is 17.8 Å². The summed E-state index contributed by atoms with van der Waals surface area (Å²) in [4.78, 5) is 12.2. The molecule has 3 aromatic rings. The van der Waals surface area contributed by atoms with E-state index in [0.717, 1.165) is 31.7 Å². The number of hydrogen-bond donors (Lipinski definition) is 2. The SMILES string of the molecule is FC(F)(F)COc1ccc(C(F)(F)F)n2nc(N[C@H]3[C@H](CNc4ccncn4)CC[C@@H]3C3CC3)nc12. The number of nitrogens with zero attached hydrogens (tertiary/aromatic N) is 5. The van der Waals surface area contributed by atoms with Gasteiger partial charge < -0.3 is 15.4 Å². The van der Waals surface area contributed by atoms with Crippen LogP contribution in [0.4, 0.5) is 38.1 Å². The standard InChI is InChI=1S/C22H23F6N7O/c23-21(24,25)10-36-15-5-6-16(22(26,27)28)35-19(15)33-20(34-35)32-18-13(3-4-14(18)12-1-2-12)9-30-17-7-8-29-11-31-17/h5-8,11-14,18H,1-4,9-10H2,(H,32,34)(H,29,30,31)/t13-,14+,18-/m0/s1. The van der Waals surface area contributed by atoms with Crippen LogP contribution >= 0.6 is 0 Å². The molecule has 8 nitrogen and oxygen atoms in total. The van der Waals surface area contributed by atoms with E-state index in [4.69, 9.17) is 4.74 Å². The van der Waals surface area contributed by atoms with Gasteiger partial charge >= 0.3 is 12.4 Å². The third-order valence-corrected chi connectivity index (χ3v) is 6.62. The Balaban J connectivity index is 1.42. The quantitative estimate of drug-likeness (QED) is 0.417. The second-order valence-electron chi connectivity index (χ2n) is 9.14. The maximum atomic E-state index is 13.6. The summed E-state index contributed by atoms with van der Waals surface area (Å²) in [5.74, 6) is 1.05. The van der Waals surface area contributed by atoms with Crippen molar-refractivity contribution in [1.82, 2.24) is 24.6 Å². The zero-order valence-corrected chi connectivity index (χ0v) is 18.9. The Morgan fingerprint density at radius 1 is 1.03 bits per heavy atom. The summed E-state index contributed by atoms with van der Waals surface area (Å²) in [6.45, 7) is -1.09. The Kier molecular flexibility index (Phi) is 6.29. The molecule has 2 fully saturated rings. The maximum Gasteiger partial charge on any atom is 0.433 e. The molecule has 0 aromatic carbocycles. The van der Waals surface area contributed by atoms with Crippen LogP contribution in [0, 0.1) is 17.8 Å². The Labute approximate surface area is 201 Å². The molecule has 2 aliphatic rings. The molecule has 3 heterocycles. The lowest BCUT2D eigenvalue weighted by molar-refractivity contribution is -0.153. The molecule has 2 saturated carbocycles. The number of halogens is 6. The molecular weight excluding hydrogens is 492 g/mol. The van der Waals surface area contributed by atoms with Gasteiger partial charge in [0, 0.05) is 18.8 Å². The van der Waals surface area contributed by atoms with Crippen molar-refractivity contribution >= 4 is 17.4 Å². The van der Waals surface area contributed by atoms with Gasteiger partial charge in [0.05, 0.1) is 0 Å². The zero-order chi connectivity index (χ0) is 25.5. The highest BCUT2D eigenvalue weighted by atomic mass is 19.4. The van der Waals surface area contributed by atoms with Crippen molar-refractivity contribution < 1.29 is 31.1 Å². The van der Waals surface area contributed by atoms with Gasteiger partial charge in [0.15, 0.2) is 18.0 Å². The van der Waals surface area contributed by atoms with E-state index in [1.807, 2.05) is 0 Å². The minimum Gasteiger partial charge on any atom is -0.480 e. The molecule has 3 atom stereocenters.